The topological polar surface area (TPSA) is 130 Å². The number of likely N-dealkylation sites (tertiary alicyclic amines) is 2. The summed E-state index contributed by atoms with van der Waals surface area (Å²) >= 11 is 5.56. The van der Waals surface area contributed by atoms with Gasteiger partial charge in [-0.15, -0.1) is 11.6 Å². The number of hydroxylamine groups is 1. The van der Waals surface area contributed by atoms with Crippen LogP contribution in [0, 0.1) is 5.92 Å². The maximum atomic E-state index is 13.6. The second-order valence-corrected chi connectivity index (χ2v) is 8.30. The molecular formula is C20H28ClN3O7. The summed E-state index contributed by atoms with van der Waals surface area (Å²) in [4.78, 5) is 84.4. The van der Waals surface area contributed by atoms with Gasteiger partial charge in [0.05, 0.1) is 13.0 Å². The fraction of sp³-hybridized carbons (Fsp3) is 0.700. The van der Waals surface area contributed by atoms with Crippen molar-refractivity contribution in [1.29, 1.82) is 0 Å². The number of ketones is 3. The normalized spacial score (nSPS) is 25.2. The van der Waals surface area contributed by atoms with E-state index < -0.39 is 64.5 Å². The fourth-order valence-corrected chi connectivity index (χ4v) is 4.52. The molecule has 0 aromatic carbocycles. The highest BCUT2D eigenvalue weighted by Crippen LogP contribution is 2.36. The van der Waals surface area contributed by atoms with Crippen LogP contribution >= 0.6 is 11.6 Å². The third-order valence-corrected chi connectivity index (χ3v) is 6.10. The Morgan fingerprint density at radius 2 is 1.84 bits per heavy atom. The van der Waals surface area contributed by atoms with Crippen LogP contribution in [0.15, 0.2) is 0 Å². The first kappa shape index (κ1) is 25.1. The van der Waals surface area contributed by atoms with Crippen molar-refractivity contribution in [3.05, 3.63) is 0 Å². The van der Waals surface area contributed by atoms with Crippen LogP contribution in [0.1, 0.15) is 46.5 Å². The molecule has 0 aliphatic carbocycles. The van der Waals surface area contributed by atoms with E-state index in [1.807, 2.05) is 0 Å². The number of piperidine rings is 1. The lowest BCUT2D eigenvalue weighted by Gasteiger charge is -2.46. The van der Waals surface area contributed by atoms with Gasteiger partial charge >= 0.3 is 0 Å². The number of nitrogens with one attached hydrogen (secondary N) is 1. The Kier molecular flexibility index (Phi) is 8.07. The van der Waals surface area contributed by atoms with Gasteiger partial charge in [0.25, 0.3) is 5.91 Å². The summed E-state index contributed by atoms with van der Waals surface area (Å²) in [5.41, 5.74) is 0.244. The summed E-state index contributed by atoms with van der Waals surface area (Å²) in [5.74, 6) is -6.41. The zero-order valence-corrected chi connectivity index (χ0v) is 18.9. The van der Waals surface area contributed by atoms with Gasteiger partial charge in [-0.25, -0.2) is 0 Å². The molecule has 0 saturated carbocycles. The van der Waals surface area contributed by atoms with Gasteiger partial charge in [-0.3, -0.25) is 33.7 Å². The molecule has 0 spiro atoms. The summed E-state index contributed by atoms with van der Waals surface area (Å²) in [7, 11) is 1.35. The van der Waals surface area contributed by atoms with Crippen LogP contribution in [0.3, 0.4) is 0 Å². The van der Waals surface area contributed by atoms with Crippen LogP contribution in [0.2, 0.25) is 0 Å². The highest BCUT2D eigenvalue weighted by molar-refractivity contribution is 6.53. The Morgan fingerprint density at radius 3 is 2.39 bits per heavy atom. The average Bonchev–Trinajstić information content (AvgIpc) is 3.22. The number of alkyl halides is 1. The van der Waals surface area contributed by atoms with Crippen LogP contribution in [0.4, 0.5) is 0 Å². The average molecular weight is 458 g/mol. The van der Waals surface area contributed by atoms with E-state index in [1.54, 1.807) is 6.92 Å². The van der Waals surface area contributed by atoms with Gasteiger partial charge in [-0.2, -0.15) is 5.48 Å². The van der Waals surface area contributed by atoms with E-state index in [1.165, 1.54) is 25.9 Å². The smallest absolute Gasteiger partial charge is 0.253 e. The number of Topliss-reactive ketones (excluding diaryl/α,β-unsaturated/α-hetero) is 3. The van der Waals surface area contributed by atoms with Crippen molar-refractivity contribution in [3.8, 4) is 0 Å². The predicted molar refractivity (Wildman–Crippen MR) is 109 cm³/mol. The van der Waals surface area contributed by atoms with Crippen molar-refractivity contribution in [3.63, 3.8) is 0 Å². The minimum absolute atomic E-state index is 0.258. The number of carbonyl (C=O) groups is 6. The van der Waals surface area contributed by atoms with Gasteiger partial charge in [-0.1, -0.05) is 13.8 Å². The molecule has 2 fully saturated rings. The molecule has 0 unspecified atom stereocenters. The van der Waals surface area contributed by atoms with Gasteiger partial charge in [-0.05, 0) is 25.7 Å². The molecule has 1 N–H and O–H groups in total. The summed E-state index contributed by atoms with van der Waals surface area (Å²) in [6.45, 7) is 4.82. The Hall–Kier alpha value is -2.17. The quantitative estimate of drug-likeness (QED) is 0.177. The highest BCUT2D eigenvalue weighted by Gasteiger charge is 2.61. The first-order valence-corrected chi connectivity index (χ1v) is 10.7. The Bertz CT molecular complexity index is 800. The van der Waals surface area contributed by atoms with Gasteiger partial charge in [0, 0.05) is 19.4 Å². The lowest BCUT2D eigenvalue weighted by Crippen LogP contribution is -2.72. The van der Waals surface area contributed by atoms with E-state index in [0.29, 0.717) is 11.3 Å². The third-order valence-electron chi connectivity index (χ3n) is 5.86. The lowest BCUT2D eigenvalue weighted by molar-refractivity contribution is -0.173. The first-order chi connectivity index (χ1) is 14.5. The molecule has 10 nitrogen and oxygen atoms in total. The molecule has 0 radical (unpaired) electrons. The largest absolute Gasteiger partial charge is 0.329 e. The molecule has 3 amide bonds. The Balaban J connectivity index is 2.52. The molecule has 0 aromatic heterocycles. The summed E-state index contributed by atoms with van der Waals surface area (Å²) in [5, 5.41) is 0. The van der Waals surface area contributed by atoms with E-state index >= 15 is 0 Å². The number of nitrogens with zero attached hydrogens (tertiary/aromatic N) is 2. The van der Waals surface area contributed by atoms with E-state index in [-0.39, 0.29) is 25.8 Å². The number of imide groups is 1. The van der Waals surface area contributed by atoms with Crippen molar-refractivity contribution in [2.45, 2.75) is 64.1 Å². The third kappa shape index (κ3) is 4.28. The zero-order chi connectivity index (χ0) is 23.5. The first-order valence-electron chi connectivity index (χ1n) is 10.2. The van der Waals surface area contributed by atoms with Crippen molar-refractivity contribution in [2.75, 3.05) is 19.5 Å². The molecule has 2 heterocycles. The van der Waals surface area contributed by atoms with Crippen molar-refractivity contribution >= 4 is 46.7 Å². The molecule has 172 valence electrons. The van der Waals surface area contributed by atoms with Crippen LogP contribution in [0.5, 0.6) is 0 Å². The number of carbonyl (C=O) groups excluding carboxylic acids is 6. The van der Waals surface area contributed by atoms with Gasteiger partial charge in [0.15, 0.2) is 11.3 Å². The second kappa shape index (κ2) is 9.97. The molecule has 0 bridgehead atoms. The molecule has 2 aliphatic rings. The Labute approximate surface area is 185 Å². The van der Waals surface area contributed by atoms with E-state index in [2.05, 4.69) is 5.48 Å². The number of amides is 3. The van der Waals surface area contributed by atoms with Crippen molar-refractivity contribution < 1.29 is 33.6 Å². The SMILES string of the molecule is CON[C@@H](C)C(=O)N1CCC[C@H]1C(=O)N1C(=O)CCC(=O)[C@@]1(C(=O)C(=O)CCl)C(C)C. The zero-order valence-electron chi connectivity index (χ0n) is 18.1. The van der Waals surface area contributed by atoms with Crippen LogP contribution in [0.25, 0.3) is 0 Å². The molecule has 2 aliphatic heterocycles. The fourth-order valence-electron chi connectivity index (χ4n) is 4.40. The molecule has 2 saturated heterocycles. The molecule has 2 rings (SSSR count). The molecule has 3 atom stereocenters. The van der Waals surface area contributed by atoms with E-state index in [4.69, 9.17) is 16.4 Å². The summed E-state index contributed by atoms with van der Waals surface area (Å²) < 4.78 is 0. The van der Waals surface area contributed by atoms with Crippen LogP contribution in [-0.4, -0.2) is 82.0 Å². The Morgan fingerprint density at radius 1 is 1.19 bits per heavy atom. The molecule has 31 heavy (non-hydrogen) atoms. The van der Waals surface area contributed by atoms with Gasteiger partial charge in [0.1, 0.15) is 12.1 Å². The monoisotopic (exact) mass is 457 g/mol. The minimum atomic E-state index is -2.26. The van der Waals surface area contributed by atoms with Crippen molar-refractivity contribution in [1.82, 2.24) is 15.3 Å². The highest BCUT2D eigenvalue weighted by atomic mass is 35.5. The number of hydrogen-bond donors (Lipinski definition) is 1. The van der Waals surface area contributed by atoms with Crippen molar-refractivity contribution in [2.24, 2.45) is 5.92 Å². The van der Waals surface area contributed by atoms with E-state index in [9.17, 15) is 28.8 Å². The summed E-state index contributed by atoms with van der Waals surface area (Å²) in [6, 6.07) is -1.80. The van der Waals surface area contributed by atoms with Crippen LogP contribution < -0.4 is 5.48 Å². The number of hydrogen-bond acceptors (Lipinski definition) is 8. The van der Waals surface area contributed by atoms with Gasteiger partial charge < -0.3 is 9.74 Å². The molecular weight excluding hydrogens is 430 g/mol. The van der Waals surface area contributed by atoms with Crippen LogP contribution in [-0.2, 0) is 33.6 Å². The maximum absolute atomic E-state index is 13.6. The standard InChI is InChI=1S/C20H28ClN3O7/c1-11(2)20(17(28)14(25)10-21)15(26)7-8-16(27)24(20)19(30)13-6-5-9-23(13)18(29)12(3)22-31-4/h11-13,22H,5-10H2,1-4H3/t12-,13-,20+/m0/s1. The minimum Gasteiger partial charge on any atom is -0.329 e. The predicted octanol–water partition coefficient (Wildman–Crippen LogP) is 0.00680. The summed E-state index contributed by atoms with van der Waals surface area (Å²) in [6.07, 6.45) is 0.239. The lowest BCUT2D eigenvalue weighted by atomic mass is 9.71. The molecule has 0 aromatic rings. The maximum Gasteiger partial charge on any atom is 0.253 e. The number of halogens is 1. The second-order valence-electron chi connectivity index (χ2n) is 8.03. The van der Waals surface area contributed by atoms with E-state index in [0.717, 1.165) is 0 Å². The van der Waals surface area contributed by atoms with Gasteiger partial charge in [0.2, 0.25) is 23.4 Å². The molecule has 11 heteroatoms. The number of rotatable bonds is 8.